The number of fused-ring (bicyclic) bond motifs is 1. The zero-order valence-electron chi connectivity index (χ0n) is 7.39. The molecule has 0 atom stereocenters. The van der Waals surface area contributed by atoms with E-state index < -0.39 is 10.1 Å². The average molecular weight is 228 g/mol. The maximum Gasteiger partial charge on any atom is 0.294 e. The maximum absolute atomic E-state index is 11.0. The Balaban J connectivity index is 2.88. The minimum absolute atomic E-state index is 0.0107. The van der Waals surface area contributed by atoms with Crippen molar-refractivity contribution in [3.63, 3.8) is 0 Å². The Morgan fingerprint density at radius 1 is 1.29 bits per heavy atom. The molecule has 0 radical (unpaired) electrons. The van der Waals surface area contributed by atoms with Crippen LogP contribution in [0.25, 0.3) is 10.8 Å². The number of benzene rings is 1. The summed E-state index contributed by atoms with van der Waals surface area (Å²) >= 11 is 1.51. The van der Waals surface area contributed by atoms with Gasteiger partial charge < -0.3 is 0 Å². The summed E-state index contributed by atoms with van der Waals surface area (Å²) in [5.41, 5.74) is 0.603. The molecule has 0 aliphatic heterocycles. The normalized spacial score (nSPS) is 12.1. The van der Waals surface area contributed by atoms with Crippen molar-refractivity contribution >= 4 is 32.2 Å². The van der Waals surface area contributed by atoms with Crippen molar-refractivity contribution in [2.45, 2.75) is 11.8 Å². The first-order chi connectivity index (χ1) is 6.50. The number of hydrogen-bond donors (Lipinski definition) is 1. The summed E-state index contributed by atoms with van der Waals surface area (Å²) < 4.78 is 30.9. The zero-order valence-corrected chi connectivity index (χ0v) is 9.02. The Morgan fingerprint density at radius 3 is 2.64 bits per heavy atom. The first kappa shape index (κ1) is 9.64. The molecule has 0 amide bonds. The Labute approximate surface area is 85.7 Å². The molecule has 0 saturated carbocycles. The molecule has 0 aliphatic carbocycles. The molecular formula is C9H8O3S2. The fourth-order valence-electron chi connectivity index (χ4n) is 1.44. The summed E-state index contributed by atoms with van der Waals surface area (Å²) in [7, 11) is -4.10. The third-order valence-corrected chi connectivity index (χ3v) is 3.92. The van der Waals surface area contributed by atoms with Crippen LogP contribution in [0, 0.1) is 6.92 Å². The summed E-state index contributed by atoms with van der Waals surface area (Å²) in [4.78, 5) is -0.0107. The molecule has 0 spiro atoms. The summed E-state index contributed by atoms with van der Waals surface area (Å²) in [6, 6.07) is 3.13. The molecule has 2 aromatic rings. The van der Waals surface area contributed by atoms with E-state index in [1.54, 1.807) is 13.0 Å². The fraction of sp³-hybridized carbons (Fsp3) is 0.111. The van der Waals surface area contributed by atoms with Crippen LogP contribution in [0.15, 0.2) is 27.8 Å². The molecule has 0 fully saturated rings. The molecule has 3 nitrogen and oxygen atoms in total. The standard InChI is InChI=1S/C9H8O3S2/c1-6-8-5-13-4-7(8)2-3-9(6)14(10,11)12/h2-5H,1H3,(H,10,11,12). The third-order valence-electron chi connectivity index (χ3n) is 2.16. The lowest BCUT2D eigenvalue weighted by Crippen LogP contribution is -2.00. The first-order valence-corrected chi connectivity index (χ1v) is 6.31. The second-order valence-corrected chi connectivity index (χ2v) is 5.17. The van der Waals surface area contributed by atoms with Gasteiger partial charge >= 0.3 is 0 Å². The van der Waals surface area contributed by atoms with E-state index in [0.29, 0.717) is 5.56 Å². The molecule has 5 heteroatoms. The molecule has 2 rings (SSSR count). The van der Waals surface area contributed by atoms with Gasteiger partial charge in [0, 0.05) is 0 Å². The summed E-state index contributed by atoms with van der Waals surface area (Å²) in [6.45, 7) is 1.69. The van der Waals surface area contributed by atoms with Crippen LogP contribution in [0.5, 0.6) is 0 Å². The van der Waals surface area contributed by atoms with Gasteiger partial charge in [-0.05, 0) is 40.1 Å². The van der Waals surface area contributed by atoms with E-state index in [9.17, 15) is 8.42 Å². The summed E-state index contributed by atoms with van der Waals surface area (Å²) in [5.74, 6) is 0. The Morgan fingerprint density at radius 2 is 2.00 bits per heavy atom. The van der Waals surface area contributed by atoms with E-state index in [2.05, 4.69) is 0 Å². The molecule has 1 N–H and O–H groups in total. The van der Waals surface area contributed by atoms with Crippen molar-refractivity contribution in [1.82, 2.24) is 0 Å². The average Bonchev–Trinajstić information content (AvgIpc) is 2.50. The molecule has 0 unspecified atom stereocenters. The highest BCUT2D eigenvalue weighted by Gasteiger charge is 2.14. The second-order valence-electron chi connectivity index (χ2n) is 3.04. The van der Waals surface area contributed by atoms with Gasteiger partial charge in [0.2, 0.25) is 0 Å². The van der Waals surface area contributed by atoms with Crippen molar-refractivity contribution in [3.05, 3.63) is 28.5 Å². The lowest BCUT2D eigenvalue weighted by Gasteiger charge is -2.02. The van der Waals surface area contributed by atoms with E-state index in [0.717, 1.165) is 10.8 Å². The van der Waals surface area contributed by atoms with E-state index in [-0.39, 0.29) is 4.90 Å². The van der Waals surface area contributed by atoms with Crippen molar-refractivity contribution in [2.24, 2.45) is 0 Å². The van der Waals surface area contributed by atoms with Crippen LogP contribution >= 0.6 is 11.3 Å². The SMILES string of the molecule is Cc1c(S(=O)(=O)O)ccc2cscc12. The lowest BCUT2D eigenvalue weighted by atomic mass is 10.1. The summed E-state index contributed by atoms with van der Waals surface area (Å²) in [5, 5.41) is 5.69. The highest BCUT2D eigenvalue weighted by atomic mass is 32.2. The van der Waals surface area contributed by atoms with Crippen LogP contribution in [0.3, 0.4) is 0 Å². The van der Waals surface area contributed by atoms with Gasteiger partial charge in [0.25, 0.3) is 10.1 Å². The number of aryl methyl sites for hydroxylation is 1. The van der Waals surface area contributed by atoms with Crippen LogP contribution in [0.4, 0.5) is 0 Å². The number of thiophene rings is 1. The van der Waals surface area contributed by atoms with Crippen LogP contribution in [0.2, 0.25) is 0 Å². The molecule has 1 heterocycles. The highest BCUT2D eigenvalue weighted by Crippen LogP contribution is 2.27. The first-order valence-electron chi connectivity index (χ1n) is 3.93. The Hall–Kier alpha value is -0.910. The van der Waals surface area contributed by atoms with Crippen molar-refractivity contribution in [2.75, 3.05) is 0 Å². The van der Waals surface area contributed by atoms with Gasteiger partial charge in [0.05, 0.1) is 4.90 Å². The van der Waals surface area contributed by atoms with E-state index >= 15 is 0 Å². The van der Waals surface area contributed by atoms with Crippen LogP contribution in [-0.2, 0) is 10.1 Å². The smallest absolute Gasteiger partial charge is 0.282 e. The van der Waals surface area contributed by atoms with E-state index in [4.69, 9.17) is 4.55 Å². The lowest BCUT2D eigenvalue weighted by molar-refractivity contribution is 0.483. The fourth-order valence-corrected chi connectivity index (χ4v) is 3.05. The largest absolute Gasteiger partial charge is 0.294 e. The highest BCUT2D eigenvalue weighted by molar-refractivity contribution is 7.85. The number of rotatable bonds is 1. The predicted molar refractivity (Wildman–Crippen MR) is 56.4 cm³/mol. The van der Waals surface area contributed by atoms with E-state index in [1.807, 2.05) is 10.8 Å². The molecule has 0 aliphatic rings. The molecule has 1 aromatic carbocycles. The van der Waals surface area contributed by atoms with Crippen molar-refractivity contribution in [1.29, 1.82) is 0 Å². The minimum atomic E-state index is -4.10. The van der Waals surface area contributed by atoms with Crippen molar-refractivity contribution in [3.8, 4) is 0 Å². The topological polar surface area (TPSA) is 54.4 Å². The quantitative estimate of drug-likeness (QED) is 0.763. The van der Waals surface area contributed by atoms with Gasteiger partial charge in [-0.2, -0.15) is 19.8 Å². The van der Waals surface area contributed by atoms with Gasteiger partial charge in [-0.1, -0.05) is 6.07 Å². The monoisotopic (exact) mass is 228 g/mol. The van der Waals surface area contributed by atoms with E-state index in [1.165, 1.54) is 17.4 Å². The van der Waals surface area contributed by atoms with Gasteiger partial charge in [-0.15, -0.1) is 0 Å². The Kier molecular flexibility index (Phi) is 2.10. The predicted octanol–water partition coefficient (Wildman–Crippen LogP) is 2.46. The second kappa shape index (κ2) is 3.05. The maximum atomic E-state index is 11.0. The van der Waals surface area contributed by atoms with Crippen LogP contribution in [0.1, 0.15) is 5.56 Å². The third kappa shape index (κ3) is 1.43. The number of hydrogen-bond acceptors (Lipinski definition) is 3. The zero-order chi connectivity index (χ0) is 10.3. The van der Waals surface area contributed by atoms with Crippen LogP contribution < -0.4 is 0 Å². The molecule has 74 valence electrons. The molecule has 0 bridgehead atoms. The minimum Gasteiger partial charge on any atom is -0.282 e. The molecular weight excluding hydrogens is 220 g/mol. The molecule has 0 saturated heterocycles. The van der Waals surface area contributed by atoms with Gasteiger partial charge in [-0.25, -0.2) is 0 Å². The molecule has 14 heavy (non-hydrogen) atoms. The summed E-state index contributed by atoms with van der Waals surface area (Å²) in [6.07, 6.45) is 0. The molecule has 1 aromatic heterocycles. The van der Waals surface area contributed by atoms with Gasteiger partial charge in [0.1, 0.15) is 0 Å². The van der Waals surface area contributed by atoms with Crippen LogP contribution in [-0.4, -0.2) is 13.0 Å². The van der Waals surface area contributed by atoms with Crippen molar-refractivity contribution < 1.29 is 13.0 Å². The van der Waals surface area contributed by atoms with Gasteiger partial charge in [0.15, 0.2) is 0 Å². The Bertz CT molecular complexity index is 581. The van der Waals surface area contributed by atoms with Gasteiger partial charge in [-0.3, -0.25) is 4.55 Å².